The summed E-state index contributed by atoms with van der Waals surface area (Å²) in [6.45, 7) is 2.14. The maximum Gasteiger partial charge on any atom is 0.226 e. The van der Waals surface area contributed by atoms with E-state index in [-0.39, 0.29) is 5.91 Å². The van der Waals surface area contributed by atoms with Crippen LogP contribution in [0.15, 0.2) is 9.98 Å². The standard InChI is InChI=1S/C10H14BrN3OS/c11-8-6-13-10(16-8)14-9(15)2-1-7-3-4-12-5-7/h6-7,12H,1-5H2,(H,13,14,15). The van der Waals surface area contributed by atoms with Crippen molar-refractivity contribution in [3.8, 4) is 0 Å². The lowest BCUT2D eigenvalue weighted by molar-refractivity contribution is -0.116. The van der Waals surface area contributed by atoms with E-state index in [4.69, 9.17) is 0 Å². The SMILES string of the molecule is O=C(CCC1CCNC1)Nc1ncc(Br)s1. The zero-order valence-electron chi connectivity index (χ0n) is 8.83. The fourth-order valence-electron chi connectivity index (χ4n) is 1.79. The van der Waals surface area contributed by atoms with E-state index in [0.29, 0.717) is 17.5 Å². The van der Waals surface area contributed by atoms with Crippen LogP contribution in [0.3, 0.4) is 0 Å². The number of nitrogens with one attached hydrogen (secondary N) is 2. The van der Waals surface area contributed by atoms with Gasteiger partial charge in [0.05, 0.1) is 9.98 Å². The van der Waals surface area contributed by atoms with E-state index in [0.717, 1.165) is 23.3 Å². The molecule has 0 aromatic carbocycles. The van der Waals surface area contributed by atoms with Crippen molar-refractivity contribution in [2.75, 3.05) is 18.4 Å². The zero-order valence-corrected chi connectivity index (χ0v) is 11.2. The fourth-order valence-corrected chi connectivity index (χ4v) is 2.91. The Morgan fingerprint density at radius 2 is 2.62 bits per heavy atom. The van der Waals surface area contributed by atoms with E-state index < -0.39 is 0 Å². The molecule has 4 nitrogen and oxygen atoms in total. The molecule has 0 radical (unpaired) electrons. The van der Waals surface area contributed by atoms with Crippen molar-refractivity contribution in [2.24, 2.45) is 5.92 Å². The molecule has 2 heterocycles. The van der Waals surface area contributed by atoms with Gasteiger partial charge in [-0.15, -0.1) is 0 Å². The number of thiazole rings is 1. The van der Waals surface area contributed by atoms with Crippen molar-refractivity contribution < 1.29 is 4.79 Å². The Morgan fingerprint density at radius 1 is 1.75 bits per heavy atom. The molecule has 1 saturated heterocycles. The van der Waals surface area contributed by atoms with E-state index >= 15 is 0 Å². The first-order chi connectivity index (χ1) is 7.74. The molecule has 1 unspecified atom stereocenters. The van der Waals surface area contributed by atoms with Crippen LogP contribution >= 0.6 is 27.3 Å². The van der Waals surface area contributed by atoms with Gasteiger partial charge in [0.15, 0.2) is 5.13 Å². The van der Waals surface area contributed by atoms with E-state index in [2.05, 4.69) is 31.5 Å². The summed E-state index contributed by atoms with van der Waals surface area (Å²) in [5.41, 5.74) is 0. The molecule has 1 aromatic rings. The Hall–Kier alpha value is -0.460. The van der Waals surface area contributed by atoms with Gasteiger partial charge in [0.2, 0.25) is 5.91 Å². The first-order valence-electron chi connectivity index (χ1n) is 5.36. The highest BCUT2D eigenvalue weighted by Crippen LogP contribution is 2.23. The highest BCUT2D eigenvalue weighted by atomic mass is 79.9. The third kappa shape index (κ3) is 3.54. The lowest BCUT2D eigenvalue weighted by atomic mass is 10.0. The lowest BCUT2D eigenvalue weighted by Crippen LogP contribution is -2.14. The predicted octanol–water partition coefficient (Wildman–Crippen LogP) is 2.23. The topological polar surface area (TPSA) is 54.0 Å². The van der Waals surface area contributed by atoms with Crippen molar-refractivity contribution in [1.29, 1.82) is 0 Å². The number of halogens is 1. The quantitative estimate of drug-likeness (QED) is 0.897. The summed E-state index contributed by atoms with van der Waals surface area (Å²) in [5.74, 6) is 0.725. The molecule has 1 aliphatic rings. The average Bonchev–Trinajstić information content (AvgIpc) is 2.87. The normalized spacial score (nSPS) is 19.9. The summed E-state index contributed by atoms with van der Waals surface area (Å²) >= 11 is 4.75. The summed E-state index contributed by atoms with van der Waals surface area (Å²) in [6.07, 6.45) is 4.44. The van der Waals surface area contributed by atoms with Gasteiger partial charge in [0.25, 0.3) is 0 Å². The van der Waals surface area contributed by atoms with Gasteiger partial charge in [-0.1, -0.05) is 11.3 Å². The van der Waals surface area contributed by atoms with Crippen LogP contribution in [-0.2, 0) is 4.79 Å². The van der Waals surface area contributed by atoms with Gasteiger partial charge >= 0.3 is 0 Å². The summed E-state index contributed by atoms with van der Waals surface area (Å²) < 4.78 is 0.933. The van der Waals surface area contributed by atoms with Gasteiger partial charge in [0, 0.05) is 6.42 Å². The van der Waals surface area contributed by atoms with Gasteiger partial charge in [0.1, 0.15) is 0 Å². The number of hydrogen-bond acceptors (Lipinski definition) is 4. The zero-order chi connectivity index (χ0) is 11.4. The van der Waals surface area contributed by atoms with Crippen LogP contribution in [0.25, 0.3) is 0 Å². The highest BCUT2D eigenvalue weighted by molar-refractivity contribution is 9.11. The highest BCUT2D eigenvalue weighted by Gasteiger charge is 2.16. The minimum atomic E-state index is 0.0637. The molecule has 0 saturated carbocycles. The van der Waals surface area contributed by atoms with Crippen molar-refractivity contribution in [1.82, 2.24) is 10.3 Å². The molecular weight excluding hydrogens is 290 g/mol. The number of amides is 1. The fraction of sp³-hybridized carbons (Fsp3) is 0.600. The van der Waals surface area contributed by atoms with E-state index in [1.807, 2.05) is 0 Å². The number of carbonyl (C=O) groups excluding carboxylic acids is 1. The maximum atomic E-state index is 11.6. The molecule has 2 rings (SSSR count). The molecule has 88 valence electrons. The van der Waals surface area contributed by atoms with Crippen molar-refractivity contribution >= 4 is 38.3 Å². The average molecular weight is 304 g/mol. The second-order valence-electron chi connectivity index (χ2n) is 3.92. The number of anilines is 1. The van der Waals surface area contributed by atoms with Gasteiger partial charge in [-0.3, -0.25) is 4.79 Å². The van der Waals surface area contributed by atoms with Gasteiger partial charge in [-0.05, 0) is 47.8 Å². The second-order valence-corrected chi connectivity index (χ2v) is 6.33. The summed E-state index contributed by atoms with van der Waals surface area (Å²) in [6, 6.07) is 0. The Morgan fingerprint density at radius 3 is 3.25 bits per heavy atom. The van der Waals surface area contributed by atoms with E-state index in [1.165, 1.54) is 17.8 Å². The van der Waals surface area contributed by atoms with Crippen LogP contribution in [0.1, 0.15) is 19.3 Å². The molecule has 1 amide bonds. The molecule has 0 aliphatic carbocycles. The molecule has 2 N–H and O–H groups in total. The molecular formula is C10H14BrN3OS. The Bertz CT molecular complexity index is 363. The first-order valence-corrected chi connectivity index (χ1v) is 6.97. The maximum absolute atomic E-state index is 11.6. The molecule has 0 spiro atoms. The van der Waals surface area contributed by atoms with Crippen LogP contribution in [0.5, 0.6) is 0 Å². The summed E-state index contributed by atoms with van der Waals surface area (Å²) in [5, 5.41) is 6.77. The largest absolute Gasteiger partial charge is 0.316 e. The smallest absolute Gasteiger partial charge is 0.226 e. The monoisotopic (exact) mass is 303 g/mol. The molecule has 16 heavy (non-hydrogen) atoms. The summed E-state index contributed by atoms with van der Waals surface area (Å²) in [7, 11) is 0. The minimum absolute atomic E-state index is 0.0637. The van der Waals surface area contributed by atoms with Gasteiger partial charge in [-0.25, -0.2) is 4.98 Å². The molecule has 0 bridgehead atoms. The van der Waals surface area contributed by atoms with E-state index in [1.54, 1.807) is 6.20 Å². The number of hydrogen-bond donors (Lipinski definition) is 2. The molecule has 1 aromatic heterocycles. The van der Waals surface area contributed by atoms with Crippen LogP contribution in [0.2, 0.25) is 0 Å². The minimum Gasteiger partial charge on any atom is -0.316 e. The Labute approximate surface area is 107 Å². The van der Waals surface area contributed by atoms with Crippen molar-refractivity contribution in [2.45, 2.75) is 19.3 Å². The number of nitrogens with zero attached hydrogens (tertiary/aromatic N) is 1. The predicted molar refractivity (Wildman–Crippen MR) is 68.7 cm³/mol. The number of aromatic nitrogens is 1. The van der Waals surface area contributed by atoms with Crippen LogP contribution < -0.4 is 10.6 Å². The molecule has 6 heteroatoms. The molecule has 1 atom stereocenters. The van der Waals surface area contributed by atoms with Gasteiger partial charge in [-0.2, -0.15) is 0 Å². The number of rotatable bonds is 4. The summed E-state index contributed by atoms with van der Waals surface area (Å²) in [4.78, 5) is 15.7. The van der Waals surface area contributed by atoms with Crippen molar-refractivity contribution in [3.05, 3.63) is 9.98 Å². The Kier molecular flexibility index (Phi) is 4.31. The van der Waals surface area contributed by atoms with E-state index in [9.17, 15) is 4.79 Å². The van der Waals surface area contributed by atoms with Gasteiger partial charge < -0.3 is 10.6 Å². The molecule has 1 fully saturated rings. The lowest BCUT2D eigenvalue weighted by Gasteiger charge is -2.06. The second kappa shape index (κ2) is 5.75. The van der Waals surface area contributed by atoms with Crippen LogP contribution in [0, 0.1) is 5.92 Å². The van der Waals surface area contributed by atoms with Crippen LogP contribution in [0.4, 0.5) is 5.13 Å². The first kappa shape index (κ1) is 12.0. The van der Waals surface area contributed by atoms with Crippen molar-refractivity contribution in [3.63, 3.8) is 0 Å². The third-order valence-corrected chi connectivity index (χ3v) is 4.06. The number of carbonyl (C=O) groups is 1. The molecule has 1 aliphatic heterocycles. The Balaban J connectivity index is 1.71. The third-order valence-electron chi connectivity index (χ3n) is 2.67. The van der Waals surface area contributed by atoms with Crippen LogP contribution in [-0.4, -0.2) is 24.0 Å².